The van der Waals surface area contributed by atoms with E-state index in [1.54, 1.807) is 26.7 Å². The van der Waals surface area contributed by atoms with Gasteiger partial charge in [0.1, 0.15) is 6.54 Å². The Balaban J connectivity index is 1.71. The van der Waals surface area contributed by atoms with Crippen molar-refractivity contribution in [1.29, 1.82) is 0 Å². The second-order valence-electron chi connectivity index (χ2n) is 7.98. The number of allylic oxidation sites excluding steroid dienone is 2. The molecule has 7 heteroatoms. The third-order valence-electron chi connectivity index (χ3n) is 6.29. The normalized spacial score (nSPS) is 31.6. The molecule has 1 saturated heterocycles. The molecule has 4 heterocycles. The van der Waals surface area contributed by atoms with E-state index in [0.29, 0.717) is 0 Å². The number of likely N-dealkylation sites (N-methyl/N-ethyl adjacent to an activating group) is 1. The summed E-state index contributed by atoms with van der Waals surface area (Å²) in [6.45, 7) is 2.09. The Bertz CT molecular complexity index is 964. The van der Waals surface area contributed by atoms with E-state index < -0.39 is 0 Å². The van der Waals surface area contributed by atoms with Gasteiger partial charge < -0.3 is 28.3 Å². The first-order chi connectivity index (χ1) is 14.2. The van der Waals surface area contributed by atoms with Crippen molar-refractivity contribution < 1.29 is 28.3 Å². The summed E-state index contributed by atoms with van der Waals surface area (Å²) >= 11 is 0. The van der Waals surface area contributed by atoms with E-state index in [1.807, 2.05) is 18.4 Å². The maximum atomic E-state index is 6.11. The fourth-order valence-corrected chi connectivity index (χ4v) is 5.07. The summed E-state index contributed by atoms with van der Waals surface area (Å²) in [5, 5.41) is 4.35. The van der Waals surface area contributed by atoms with Gasteiger partial charge in [0, 0.05) is 23.1 Å². The van der Waals surface area contributed by atoms with Crippen molar-refractivity contribution in [2.45, 2.75) is 18.6 Å². The van der Waals surface area contributed by atoms with Crippen molar-refractivity contribution in [3.63, 3.8) is 0 Å². The molecule has 0 radical (unpaired) electrons. The summed E-state index contributed by atoms with van der Waals surface area (Å²) in [6.07, 6.45) is 9.89. The van der Waals surface area contributed by atoms with Gasteiger partial charge in [0.25, 0.3) is 0 Å². The molecule has 3 atom stereocenters. The molecule has 29 heavy (non-hydrogen) atoms. The predicted molar refractivity (Wildman–Crippen MR) is 107 cm³/mol. The zero-order valence-electron chi connectivity index (χ0n) is 16.9. The lowest BCUT2D eigenvalue weighted by molar-refractivity contribution is -0.942. The first kappa shape index (κ1) is 18.1. The zero-order chi connectivity index (χ0) is 20.0. The number of piperidine rings is 1. The van der Waals surface area contributed by atoms with Crippen molar-refractivity contribution in [1.82, 2.24) is 0 Å². The molecule has 0 amide bonds. The van der Waals surface area contributed by atoms with Crippen LogP contribution < -0.4 is 9.47 Å². The Kier molecular flexibility index (Phi) is 4.28. The van der Waals surface area contributed by atoms with E-state index >= 15 is 0 Å². The molecular weight excluding hydrogens is 372 g/mol. The van der Waals surface area contributed by atoms with Gasteiger partial charge >= 0.3 is 0 Å². The summed E-state index contributed by atoms with van der Waals surface area (Å²) in [7, 11) is 5.60. The minimum atomic E-state index is -0.242. The van der Waals surface area contributed by atoms with E-state index in [1.165, 1.54) is 11.1 Å². The molecule has 4 aliphatic rings. The smallest absolute Gasteiger partial charge is 0.231 e. The minimum absolute atomic E-state index is 0.0990. The molecule has 3 unspecified atom stereocenters. The van der Waals surface area contributed by atoms with Crippen molar-refractivity contribution in [2.75, 3.05) is 41.1 Å². The second kappa shape index (κ2) is 6.84. The maximum absolute atomic E-state index is 6.11. The van der Waals surface area contributed by atoms with Crippen LogP contribution in [0.15, 0.2) is 47.0 Å². The van der Waals surface area contributed by atoms with E-state index in [2.05, 4.69) is 18.3 Å². The quantitative estimate of drug-likeness (QED) is 0.580. The van der Waals surface area contributed by atoms with Gasteiger partial charge in [-0.25, -0.2) is 0 Å². The largest absolute Gasteiger partial charge is 0.504 e. The molecule has 4 aliphatic heterocycles. The minimum Gasteiger partial charge on any atom is -0.504 e. The second-order valence-corrected chi connectivity index (χ2v) is 7.98. The van der Waals surface area contributed by atoms with Crippen LogP contribution in [-0.4, -0.2) is 58.0 Å². The SMILES string of the molecule is CO\C=C1/C[N+]2(C)CCc3cc4c(c5c3C2C(ON=C5)/C1=C/C=C/OC)OCO4. The Morgan fingerprint density at radius 1 is 1.24 bits per heavy atom. The monoisotopic (exact) mass is 397 g/mol. The number of nitrogens with zero attached hydrogens (tertiary/aromatic N) is 2. The summed E-state index contributed by atoms with van der Waals surface area (Å²) in [4.78, 5) is 6.11. The van der Waals surface area contributed by atoms with Crippen LogP contribution in [0.2, 0.25) is 0 Å². The van der Waals surface area contributed by atoms with Gasteiger partial charge in [0.05, 0.1) is 52.1 Å². The standard InChI is InChI=1S/C22H25N2O5/c1-24-7-6-14-9-18-21(28-13-27-18)17-10-23-29-22(20(24)19(14)17)16(5-4-8-25-2)15(11-24)12-26-3/h4-5,8-10,12,20,22H,6-7,11,13H2,1-3H3/q+1/b8-4+,15-12+,16-5+. The number of ether oxygens (including phenoxy) is 4. The van der Waals surface area contributed by atoms with E-state index in [4.69, 9.17) is 23.8 Å². The number of fused-ring (bicyclic) bond motifs is 2. The van der Waals surface area contributed by atoms with Gasteiger partial charge in [0.2, 0.25) is 12.9 Å². The van der Waals surface area contributed by atoms with Crippen LogP contribution in [0.4, 0.5) is 0 Å². The van der Waals surface area contributed by atoms with Gasteiger partial charge in [-0.2, -0.15) is 0 Å². The van der Waals surface area contributed by atoms with Gasteiger partial charge in [-0.05, 0) is 17.7 Å². The Morgan fingerprint density at radius 2 is 2.14 bits per heavy atom. The highest BCUT2D eigenvalue weighted by molar-refractivity contribution is 5.89. The average molecular weight is 397 g/mol. The lowest BCUT2D eigenvalue weighted by atomic mass is 9.77. The summed E-state index contributed by atoms with van der Waals surface area (Å²) in [6, 6.07) is 2.23. The zero-order valence-corrected chi connectivity index (χ0v) is 16.9. The number of benzene rings is 1. The highest BCUT2D eigenvalue weighted by Crippen LogP contribution is 2.52. The van der Waals surface area contributed by atoms with Crippen LogP contribution in [0.5, 0.6) is 11.5 Å². The molecule has 1 fully saturated rings. The third-order valence-corrected chi connectivity index (χ3v) is 6.29. The summed E-state index contributed by atoms with van der Waals surface area (Å²) in [5.74, 6) is 1.57. The van der Waals surface area contributed by atoms with Crippen LogP contribution in [-0.2, 0) is 20.7 Å². The molecule has 0 bridgehead atoms. The van der Waals surface area contributed by atoms with Crippen LogP contribution >= 0.6 is 0 Å². The van der Waals surface area contributed by atoms with Gasteiger partial charge in [-0.1, -0.05) is 11.2 Å². The van der Waals surface area contributed by atoms with Crippen molar-refractivity contribution in [3.05, 3.63) is 58.6 Å². The van der Waals surface area contributed by atoms with Gasteiger partial charge in [-0.3, -0.25) is 0 Å². The van der Waals surface area contributed by atoms with Crippen LogP contribution in [0.25, 0.3) is 0 Å². The lowest BCUT2D eigenvalue weighted by Crippen LogP contribution is -2.59. The molecule has 0 spiro atoms. The molecule has 152 valence electrons. The number of rotatable bonds is 3. The van der Waals surface area contributed by atoms with Gasteiger partial charge in [-0.15, -0.1) is 0 Å². The van der Waals surface area contributed by atoms with Crippen LogP contribution in [0.1, 0.15) is 22.7 Å². The molecule has 0 saturated carbocycles. The number of quaternary nitrogens is 1. The summed E-state index contributed by atoms with van der Waals surface area (Å²) in [5.41, 5.74) is 5.69. The fraction of sp³-hybridized carbons (Fsp3) is 0.409. The molecule has 0 N–H and O–H groups in total. The molecule has 1 aromatic rings. The number of hydrogen-bond acceptors (Lipinski definition) is 6. The first-order valence-electron chi connectivity index (χ1n) is 9.77. The first-order valence-corrected chi connectivity index (χ1v) is 9.77. The molecule has 1 aromatic carbocycles. The third kappa shape index (κ3) is 2.72. The highest BCUT2D eigenvalue weighted by atomic mass is 16.7. The van der Waals surface area contributed by atoms with E-state index in [-0.39, 0.29) is 18.9 Å². The number of oxime groups is 1. The van der Waals surface area contributed by atoms with E-state index in [0.717, 1.165) is 52.2 Å². The van der Waals surface area contributed by atoms with E-state index in [9.17, 15) is 0 Å². The van der Waals surface area contributed by atoms with Crippen LogP contribution in [0, 0.1) is 0 Å². The van der Waals surface area contributed by atoms with Crippen LogP contribution in [0.3, 0.4) is 0 Å². The predicted octanol–water partition coefficient (Wildman–Crippen LogP) is 2.82. The molecule has 0 aromatic heterocycles. The Labute approximate surface area is 170 Å². The van der Waals surface area contributed by atoms with Crippen molar-refractivity contribution in [3.8, 4) is 11.5 Å². The maximum Gasteiger partial charge on any atom is 0.231 e. The van der Waals surface area contributed by atoms with Gasteiger partial charge in [0.15, 0.2) is 17.5 Å². The number of hydrogen-bond donors (Lipinski definition) is 0. The molecule has 7 nitrogen and oxygen atoms in total. The summed E-state index contributed by atoms with van der Waals surface area (Å²) < 4.78 is 22.8. The Hall–Kier alpha value is -2.93. The average Bonchev–Trinajstić information content (AvgIpc) is 3.08. The topological polar surface area (TPSA) is 58.5 Å². The number of methoxy groups -OCH3 is 2. The lowest BCUT2D eigenvalue weighted by Gasteiger charge is -2.51. The molecule has 5 rings (SSSR count). The molecule has 0 aliphatic carbocycles. The fourth-order valence-electron chi connectivity index (χ4n) is 5.07. The molecular formula is C22H25N2O5+. The van der Waals surface area contributed by atoms with Crippen molar-refractivity contribution >= 4 is 6.21 Å². The van der Waals surface area contributed by atoms with Crippen molar-refractivity contribution in [2.24, 2.45) is 5.16 Å². The highest BCUT2D eigenvalue weighted by Gasteiger charge is 2.54. The Morgan fingerprint density at radius 3 is 2.97 bits per heavy atom.